The van der Waals surface area contributed by atoms with Gasteiger partial charge >= 0.3 is 0 Å². The van der Waals surface area contributed by atoms with Crippen LogP contribution in [-0.4, -0.2) is 24.4 Å². The van der Waals surface area contributed by atoms with Crippen LogP contribution in [0, 0.1) is 11.8 Å². The Balaban J connectivity index is 1.90. The summed E-state index contributed by atoms with van der Waals surface area (Å²) in [6.07, 6.45) is 0.727. The molecule has 1 atom stereocenters. The van der Waals surface area contributed by atoms with E-state index in [-0.39, 0.29) is 11.2 Å². The fourth-order valence-electron chi connectivity index (χ4n) is 1.80. The number of hydrogen-bond donors (Lipinski definition) is 1. The van der Waals surface area contributed by atoms with E-state index in [4.69, 9.17) is 7.85 Å². The summed E-state index contributed by atoms with van der Waals surface area (Å²) in [4.78, 5) is 7.86. The van der Waals surface area contributed by atoms with Gasteiger partial charge in [0, 0.05) is 18.5 Å². The third-order valence-electron chi connectivity index (χ3n) is 2.84. The minimum atomic E-state index is -1.22. The van der Waals surface area contributed by atoms with Gasteiger partial charge in [-0.25, -0.2) is 14.4 Å². The molecule has 0 saturated carbocycles. The zero-order valence-corrected chi connectivity index (χ0v) is 11.8. The maximum Gasteiger partial charge on any atom is 0.139 e. The first-order chi connectivity index (χ1) is 10.2. The molecular weight excluding hydrogens is 264 g/mol. The molecule has 0 saturated heterocycles. The van der Waals surface area contributed by atoms with E-state index < -0.39 is 6.17 Å². The number of rotatable bonds is 4. The van der Waals surface area contributed by atoms with E-state index >= 15 is 0 Å². The average Bonchev–Trinajstić information content (AvgIpc) is 2.49. The SMILES string of the molecule is [B]c1c(NCCC#Cc2ccccc2)ncnc1C(C)F. The smallest absolute Gasteiger partial charge is 0.139 e. The lowest BCUT2D eigenvalue weighted by Crippen LogP contribution is -2.21. The third-order valence-corrected chi connectivity index (χ3v) is 2.84. The van der Waals surface area contributed by atoms with Gasteiger partial charge in [0.05, 0.1) is 5.69 Å². The first-order valence-corrected chi connectivity index (χ1v) is 6.70. The van der Waals surface area contributed by atoms with Crippen LogP contribution in [0.15, 0.2) is 36.7 Å². The zero-order valence-electron chi connectivity index (χ0n) is 11.8. The quantitative estimate of drug-likeness (QED) is 0.529. The first-order valence-electron chi connectivity index (χ1n) is 6.70. The molecule has 0 aliphatic carbocycles. The number of halogens is 1. The van der Waals surface area contributed by atoms with Crippen molar-refractivity contribution in [3.8, 4) is 11.8 Å². The number of alkyl halides is 1. The summed E-state index contributed by atoms with van der Waals surface area (Å²) >= 11 is 0. The third kappa shape index (κ3) is 4.32. The monoisotopic (exact) mass is 279 g/mol. The summed E-state index contributed by atoms with van der Waals surface area (Å²) in [6, 6.07) is 9.76. The Labute approximate surface area is 125 Å². The molecule has 1 heterocycles. The summed E-state index contributed by atoms with van der Waals surface area (Å²) in [7, 11) is 5.83. The molecule has 1 N–H and O–H groups in total. The molecule has 0 amide bonds. The van der Waals surface area contributed by atoms with Gasteiger partial charge in [0.25, 0.3) is 0 Å². The average molecular weight is 279 g/mol. The molecule has 1 unspecified atom stereocenters. The van der Waals surface area contributed by atoms with E-state index in [1.807, 2.05) is 30.3 Å². The van der Waals surface area contributed by atoms with Crippen molar-refractivity contribution in [1.82, 2.24) is 9.97 Å². The fourth-order valence-corrected chi connectivity index (χ4v) is 1.80. The first kappa shape index (κ1) is 15.1. The van der Waals surface area contributed by atoms with Crippen molar-refractivity contribution < 1.29 is 4.39 Å². The van der Waals surface area contributed by atoms with Crippen molar-refractivity contribution in [2.24, 2.45) is 0 Å². The Hall–Kier alpha value is -2.35. The maximum absolute atomic E-state index is 13.3. The van der Waals surface area contributed by atoms with Gasteiger partial charge in [-0.05, 0) is 24.5 Å². The number of aromatic nitrogens is 2. The number of nitrogens with zero attached hydrogens (tertiary/aromatic N) is 2. The van der Waals surface area contributed by atoms with Gasteiger partial charge in [-0.1, -0.05) is 30.0 Å². The lowest BCUT2D eigenvalue weighted by molar-refractivity contribution is 0.367. The van der Waals surface area contributed by atoms with Crippen LogP contribution in [0.5, 0.6) is 0 Å². The second-order valence-corrected chi connectivity index (χ2v) is 4.48. The van der Waals surface area contributed by atoms with Crippen molar-refractivity contribution in [3.63, 3.8) is 0 Å². The van der Waals surface area contributed by atoms with Gasteiger partial charge in [0.1, 0.15) is 26.2 Å². The Bertz CT molecular complexity index is 648. The normalized spacial score (nSPS) is 11.3. The van der Waals surface area contributed by atoms with E-state index in [0.29, 0.717) is 18.8 Å². The molecule has 104 valence electrons. The van der Waals surface area contributed by atoms with Crippen LogP contribution < -0.4 is 10.8 Å². The van der Waals surface area contributed by atoms with Gasteiger partial charge < -0.3 is 5.32 Å². The molecule has 2 rings (SSSR count). The van der Waals surface area contributed by atoms with Gasteiger partial charge in [0.15, 0.2) is 0 Å². The summed E-state index contributed by atoms with van der Waals surface area (Å²) in [6.45, 7) is 1.98. The summed E-state index contributed by atoms with van der Waals surface area (Å²) in [5, 5.41) is 3.05. The largest absolute Gasteiger partial charge is 0.369 e. The molecule has 2 radical (unpaired) electrons. The van der Waals surface area contributed by atoms with Crippen LogP contribution in [0.2, 0.25) is 0 Å². The highest BCUT2D eigenvalue weighted by Gasteiger charge is 2.11. The predicted molar refractivity (Wildman–Crippen MR) is 83.4 cm³/mol. The topological polar surface area (TPSA) is 37.8 Å². The molecule has 0 aliphatic rings. The highest BCUT2D eigenvalue weighted by atomic mass is 19.1. The van der Waals surface area contributed by atoms with Crippen LogP contribution in [-0.2, 0) is 0 Å². The molecule has 2 aromatic rings. The van der Waals surface area contributed by atoms with E-state index in [9.17, 15) is 4.39 Å². The molecule has 21 heavy (non-hydrogen) atoms. The molecule has 3 nitrogen and oxygen atoms in total. The number of anilines is 1. The molecule has 0 bridgehead atoms. The molecular formula is C16H15BFN3. The molecule has 0 fully saturated rings. The Kier molecular flexibility index (Phi) is 5.33. The molecule has 0 spiro atoms. The van der Waals surface area contributed by atoms with Crippen LogP contribution in [0.4, 0.5) is 10.2 Å². The van der Waals surface area contributed by atoms with Crippen molar-refractivity contribution in [2.45, 2.75) is 19.5 Å². The van der Waals surface area contributed by atoms with Crippen LogP contribution >= 0.6 is 0 Å². The van der Waals surface area contributed by atoms with E-state index in [1.165, 1.54) is 13.3 Å². The van der Waals surface area contributed by atoms with E-state index in [0.717, 1.165) is 5.56 Å². The fraction of sp³-hybridized carbons (Fsp3) is 0.250. The number of hydrogen-bond acceptors (Lipinski definition) is 3. The highest BCUT2D eigenvalue weighted by molar-refractivity contribution is 6.36. The van der Waals surface area contributed by atoms with Crippen molar-refractivity contribution in [3.05, 3.63) is 47.9 Å². The van der Waals surface area contributed by atoms with Crippen LogP contribution in [0.1, 0.15) is 30.8 Å². The van der Waals surface area contributed by atoms with E-state index in [2.05, 4.69) is 27.1 Å². The van der Waals surface area contributed by atoms with Gasteiger partial charge in [-0.15, -0.1) is 0 Å². The number of benzene rings is 1. The van der Waals surface area contributed by atoms with Gasteiger partial charge in [-0.2, -0.15) is 0 Å². The van der Waals surface area contributed by atoms with Crippen molar-refractivity contribution >= 4 is 19.1 Å². The van der Waals surface area contributed by atoms with Gasteiger partial charge in [0.2, 0.25) is 0 Å². The second-order valence-electron chi connectivity index (χ2n) is 4.48. The Morgan fingerprint density at radius 1 is 1.29 bits per heavy atom. The predicted octanol–water partition coefficient (Wildman–Crippen LogP) is 2.15. The van der Waals surface area contributed by atoms with Crippen molar-refractivity contribution in [1.29, 1.82) is 0 Å². The summed E-state index contributed by atoms with van der Waals surface area (Å²) < 4.78 is 13.3. The van der Waals surface area contributed by atoms with E-state index in [1.54, 1.807) is 0 Å². The second kappa shape index (κ2) is 7.44. The Morgan fingerprint density at radius 3 is 2.76 bits per heavy atom. The molecule has 1 aromatic carbocycles. The summed E-state index contributed by atoms with van der Waals surface area (Å²) in [5.41, 5.74) is 1.44. The van der Waals surface area contributed by atoms with Gasteiger partial charge in [-0.3, -0.25) is 0 Å². The minimum Gasteiger partial charge on any atom is -0.369 e. The minimum absolute atomic E-state index is 0.211. The number of nitrogens with one attached hydrogen (secondary N) is 1. The maximum atomic E-state index is 13.3. The molecule has 0 aliphatic heterocycles. The molecule has 1 aromatic heterocycles. The summed E-state index contributed by atoms with van der Waals surface area (Å²) in [5.74, 6) is 6.57. The lowest BCUT2D eigenvalue weighted by Gasteiger charge is -2.11. The Morgan fingerprint density at radius 2 is 2.05 bits per heavy atom. The standard InChI is InChI=1S/C16H15BFN3/c1-12(18)15-14(17)16(21-11-20-15)19-10-6-5-9-13-7-3-2-4-8-13/h2-4,7-8,11-12H,6,10H2,1H3,(H,19,20,21). The lowest BCUT2D eigenvalue weighted by atomic mass is 9.93. The van der Waals surface area contributed by atoms with Crippen LogP contribution in [0.3, 0.4) is 0 Å². The van der Waals surface area contributed by atoms with Crippen LogP contribution in [0.25, 0.3) is 0 Å². The molecule has 5 heteroatoms. The van der Waals surface area contributed by atoms with Crippen molar-refractivity contribution in [2.75, 3.05) is 11.9 Å². The zero-order chi connectivity index (χ0) is 15.1. The highest BCUT2D eigenvalue weighted by Crippen LogP contribution is 2.12.